The maximum Gasteiger partial charge on any atom is 0.194 e. The van der Waals surface area contributed by atoms with Crippen molar-refractivity contribution in [1.29, 1.82) is 0 Å². The Morgan fingerprint density at radius 3 is 2.29 bits per heavy atom. The average molecular weight is 299 g/mol. The zero-order valence-electron chi connectivity index (χ0n) is 12.8. The highest BCUT2D eigenvalue weighted by molar-refractivity contribution is 5.24. The number of nitrogens with one attached hydrogen (secondary N) is 1. The molecule has 0 radical (unpaired) electrons. The van der Waals surface area contributed by atoms with Crippen LogP contribution < -0.4 is 5.32 Å². The van der Waals surface area contributed by atoms with Crippen LogP contribution in [-0.2, 0) is 0 Å². The zero-order valence-corrected chi connectivity index (χ0v) is 12.8. The predicted octanol–water partition coefficient (Wildman–Crippen LogP) is 4.97. The lowest BCUT2D eigenvalue weighted by Crippen LogP contribution is -2.32. The number of benzene rings is 1. The highest BCUT2D eigenvalue weighted by Crippen LogP contribution is 2.39. The van der Waals surface area contributed by atoms with Crippen molar-refractivity contribution in [3.05, 3.63) is 35.1 Å². The summed E-state index contributed by atoms with van der Waals surface area (Å²) < 4.78 is 40.7. The van der Waals surface area contributed by atoms with Crippen molar-refractivity contribution >= 4 is 0 Å². The smallest absolute Gasteiger partial charge is 0.194 e. The third-order valence-electron chi connectivity index (χ3n) is 4.76. The molecule has 21 heavy (non-hydrogen) atoms. The Bertz CT molecular complexity index is 467. The van der Waals surface area contributed by atoms with E-state index in [0.717, 1.165) is 37.7 Å². The van der Waals surface area contributed by atoms with E-state index in [4.69, 9.17) is 0 Å². The molecule has 1 unspecified atom stereocenters. The second kappa shape index (κ2) is 7.30. The van der Waals surface area contributed by atoms with Gasteiger partial charge in [-0.3, -0.25) is 0 Å². The molecule has 1 saturated carbocycles. The zero-order chi connectivity index (χ0) is 15.4. The standard InChI is InChI=1S/C17H24F3N/c1-3-11-5-7-12(8-6-11)17(21-4-2)13-9-10-14(18)16(20)15(13)19/h9-12,17,21H,3-8H2,1-2H3. The first-order valence-corrected chi connectivity index (χ1v) is 7.95. The Kier molecular flexibility index (Phi) is 5.68. The molecular formula is C17H24F3N. The Morgan fingerprint density at radius 1 is 1.05 bits per heavy atom. The topological polar surface area (TPSA) is 12.0 Å². The number of hydrogen-bond acceptors (Lipinski definition) is 1. The third kappa shape index (κ3) is 3.60. The van der Waals surface area contributed by atoms with Crippen molar-refractivity contribution in [3.8, 4) is 0 Å². The van der Waals surface area contributed by atoms with Crippen LogP contribution in [0.15, 0.2) is 12.1 Å². The summed E-state index contributed by atoms with van der Waals surface area (Å²) >= 11 is 0. The highest BCUT2D eigenvalue weighted by Gasteiger charge is 2.30. The Labute approximate surface area is 124 Å². The van der Waals surface area contributed by atoms with Gasteiger partial charge in [0.2, 0.25) is 0 Å². The Hall–Kier alpha value is -1.03. The summed E-state index contributed by atoms with van der Waals surface area (Å²) in [4.78, 5) is 0. The molecule has 4 heteroatoms. The lowest BCUT2D eigenvalue weighted by atomic mass is 9.76. The quantitative estimate of drug-likeness (QED) is 0.757. The minimum Gasteiger partial charge on any atom is -0.310 e. The van der Waals surface area contributed by atoms with Crippen molar-refractivity contribution in [2.45, 2.75) is 52.0 Å². The molecule has 0 spiro atoms. The van der Waals surface area contributed by atoms with Crippen molar-refractivity contribution < 1.29 is 13.2 Å². The maximum absolute atomic E-state index is 14.1. The number of halogens is 3. The molecule has 1 atom stereocenters. The minimum atomic E-state index is -1.36. The lowest BCUT2D eigenvalue weighted by Gasteiger charge is -2.34. The van der Waals surface area contributed by atoms with Crippen LogP contribution in [0.25, 0.3) is 0 Å². The van der Waals surface area contributed by atoms with E-state index in [1.165, 1.54) is 12.5 Å². The molecule has 1 fully saturated rings. The monoisotopic (exact) mass is 299 g/mol. The summed E-state index contributed by atoms with van der Waals surface area (Å²) in [5, 5.41) is 3.26. The van der Waals surface area contributed by atoms with Gasteiger partial charge < -0.3 is 5.32 Å². The SMILES string of the molecule is CCNC(c1ccc(F)c(F)c1F)C1CCC(CC)CC1. The summed E-state index contributed by atoms with van der Waals surface area (Å²) in [6, 6.07) is 2.17. The van der Waals surface area contributed by atoms with Gasteiger partial charge in [-0.25, -0.2) is 13.2 Å². The number of rotatable bonds is 5. The van der Waals surface area contributed by atoms with Gasteiger partial charge >= 0.3 is 0 Å². The molecule has 1 N–H and O–H groups in total. The van der Waals surface area contributed by atoms with E-state index in [1.54, 1.807) is 0 Å². The predicted molar refractivity (Wildman–Crippen MR) is 78.5 cm³/mol. The van der Waals surface area contributed by atoms with Gasteiger partial charge in [0.05, 0.1) is 0 Å². The highest BCUT2D eigenvalue weighted by atomic mass is 19.2. The minimum absolute atomic E-state index is 0.233. The van der Waals surface area contributed by atoms with Crippen molar-refractivity contribution in [3.63, 3.8) is 0 Å². The summed E-state index contributed by atoms with van der Waals surface area (Å²) in [6.45, 7) is 4.82. The first kappa shape index (κ1) is 16.3. The molecule has 0 heterocycles. The van der Waals surface area contributed by atoms with Crippen LogP contribution in [0.2, 0.25) is 0 Å². The van der Waals surface area contributed by atoms with Crippen LogP contribution >= 0.6 is 0 Å². The summed E-state index contributed by atoms with van der Waals surface area (Å²) in [7, 11) is 0. The molecule has 2 rings (SSSR count). The van der Waals surface area contributed by atoms with Gasteiger partial charge in [0.25, 0.3) is 0 Å². The third-order valence-corrected chi connectivity index (χ3v) is 4.76. The molecular weight excluding hydrogens is 275 g/mol. The van der Waals surface area contributed by atoms with Gasteiger partial charge in [0.15, 0.2) is 17.5 Å². The van der Waals surface area contributed by atoms with Gasteiger partial charge in [0, 0.05) is 11.6 Å². The number of hydrogen-bond donors (Lipinski definition) is 1. The van der Waals surface area contributed by atoms with Gasteiger partial charge in [-0.15, -0.1) is 0 Å². The summed E-state index contributed by atoms with van der Waals surface area (Å²) in [6.07, 6.45) is 5.46. The van der Waals surface area contributed by atoms with Crippen molar-refractivity contribution in [2.75, 3.05) is 6.54 Å². The van der Waals surface area contributed by atoms with Crippen LogP contribution in [0.5, 0.6) is 0 Å². The van der Waals surface area contributed by atoms with Gasteiger partial charge in [-0.2, -0.15) is 0 Å². The molecule has 1 aliphatic carbocycles. The fourth-order valence-corrected chi connectivity index (χ4v) is 3.46. The normalized spacial score (nSPS) is 24.0. The molecule has 1 nitrogen and oxygen atoms in total. The second-order valence-corrected chi connectivity index (χ2v) is 5.99. The fraction of sp³-hybridized carbons (Fsp3) is 0.647. The Balaban J connectivity index is 2.21. The Morgan fingerprint density at radius 2 is 1.71 bits per heavy atom. The molecule has 0 amide bonds. The largest absolute Gasteiger partial charge is 0.310 e. The molecule has 1 aromatic carbocycles. The van der Waals surface area contributed by atoms with Gasteiger partial charge in [-0.1, -0.05) is 39.2 Å². The van der Waals surface area contributed by atoms with Crippen LogP contribution in [0.1, 0.15) is 57.6 Å². The van der Waals surface area contributed by atoms with Crippen LogP contribution in [0.3, 0.4) is 0 Å². The molecule has 1 aromatic rings. The molecule has 0 bridgehead atoms. The van der Waals surface area contributed by atoms with Crippen molar-refractivity contribution in [1.82, 2.24) is 5.32 Å². The van der Waals surface area contributed by atoms with E-state index in [9.17, 15) is 13.2 Å². The first-order chi connectivity index (χ1) is 10.1. The van der Waals surface area contributed by atoms with E-state index < -0.39 is 17.5 Å². The van der Waals surface area contributed by atoms with Crippen molar-refractivity contribution in [2.24, 2.45) is 11.8 Å². The van der Waals surface area contributed by atoms with E-state index in [0.29, 0.717) is 6.54 Å². The fourth-order valence-electron chi connectivity index (χ4n) is 3.46. The molecule has 0 aromatic heterocycles. The maximum atomic E-state index is 14.1. The molecule has 118 valence electrons. The molecule has 1 aliphatic rings. The van der Waals surface area contributed by atoms with Gasteiger partial charge in [-0.05, 0) is 37.3 Å². The lowest BCUT2D eigenvalue weighted by molar-refractivity contribution is 0.216. The van der Waals surface area contributed by atoms with Crippen LogP contribution in [0.4, 0.5) is 13.2 Å². The van der Waals surface area contributed by atoms with E-state index in [2.05, 4.69) is 12.2 Å². The van der Waals surface area contributed by atoms with Crippen LogP contribution in [-0.4, -0.2) is 6.54 Å². The van der Waals surface area contributed by atoms with E-state index in [1.807, 2.05) is 6.92 Å². The van der Waals surface area contributed by atoms with E-state index in [-0.39, 0.29) is 17.5 Å². The molecule has 0 aliphatic heterocycles. The summed E-state index contributed by atoms with van der Waals surface area (Å²) in [5.41, 5.74) is 0.260. The van der Waals surface area contributed by atoms with Gasteiger partial charge in [0.1, 0.15) is 0 Å². The first-order valence-electron chi connectivity index (χ1n) is 7.95. The van der Waals surface area contributed by atoms with Crippen LogP contribution in [0, 0.1) is 29.3 Å². The van der Waals surface area contributed by atoms with E-state index >= 15 is 0 Å². The second-order valence-electron chi connectivity index (χ2n) is 5.99. The average Bonchev–Trinajstić information content (AvgIpc) is 2.51. The molecule has 0 saturated heterocycles. The summed E-state index contributed by atoms with van der Waals surface area (Å²) in [5.74, 6) is -2.50.